The molecule has 4 heteroatoms. The molecule has 0 bridgehead atoms. The van der Waals surface area contributed by atoms with Gasteiger partial charge in [-0.3, -0.25) is 9.78 Å². The number of carbonyl (C=O) groups is 1. The zero-order valence-corrected chi connectivity index (χ0v) is 8.10. The largest absolute Gasteiger partial charge is 0.481 e. The van der Waals surface area contributed by atoms with Crippen molar-refractivity contribution in [3.63, 3.8) is 0 Å². The summed E-state index contributed by atoms with van der Waals surface area (Å²) in [5.41, 5.74) is 1.02. The van der Waals surface area contributed by atoms with E-state index in [1.54, 1.807) is 12.4 Å². The van der Waals surface area contributed by atoms with E-state index in [-0.39, 0.29) is 12.5 Å². The van der Waals surface area contributed by atoms with Crippen LogP contribution in [-0.2, 0) is 4.79 Å². The number of nitrogens with one attached hydrogen (secondary N) is 1. The molecule has 1 aromatic rings. The zero-order chi connectivity index (χ0) is 10.4. The van der Waals surface area contributed by atoms with Gasteiger partial charge in [0.2, 0.25) is 0 Å². The smallest absolute Gasteiger partial charge is 0.303 e. The Bertz CT molecular complexity index is 287. The molecule has 1 heterocycles. The summed E-state index contributed by atoms with van der Waals surface area (Å²) in [6.45, 7) is 0. The molecule has 0 amide bonds. The SMILES string of the molecule is CN[C@@H](CCC(=O)O)c1cccnc1. The zero-order valence-electron chi connectivity index (χ0n) is 8.10. The summed E-state index contributed by atoms with van der Waals surface area (Å²) in [7, 11) is 1.82. The number of rotatable bonds is 5. The van der Waals surface area contributed by atoms with Gasteiger partial charge >= 0.3 is 5.97 Å². The second-order valence-electron chi connectivity index (χ2n) is 3.06. The summed E-state index contributed by atoms with van der Waals surface area (Å²) in [6.07, 6.45) is 4.20. The monoisotopic (exact) mass is 194 g/mol. The molecule has 4 nitrogen and oxygen atoms in total. The fourth-order valence-corrected chi connectivity index (χ4v) is 1.33. The molecule has 0 saturated heterocycles. The molecule has 0 aliphatic carbocycles. The number of nitrogens with zero attached hydrogens (tertiary/aromatic N) is 1. The van der Waals surface area contributed by atoms with Crippen molar-refractivity contribution in [1.82, 2.24) is 10.3 Å². The van der Waals surface area contributed by atoms with Gasteiger partial charge in [0, 0.05) is 24.9 Å². The van der Waals surface area contributed by atoms with E-state index in [1.165, 1.54) is 0 Å². The molecule has 1 aromatic heterocycles. The van der Waals surface area contributed by atoms with Crippen LogP contribution in [0.5, 0.6) is 0 Å². The third-order valence-electron chi connectivity index (χ3n) is 2.08. The predicted octanol–water partition coefficient (Wildman–Crippen LogP) is 1.21. The fourth-order valence-electron chi connectivity index (χ4n) is 1.33. The van der Waals surface area contributed by atoms with Gasteiger partial charge in [-0.2, -0.15) is 0 Å². The van der Waals surface area contributed by atoms with Crippen LogP contribution < -0.4 is 5.32 Å². The second kappa shape index (κ2) is 5.34. The third kappa shape index (κ3) is 3.14. The molecule has 0 aromatic carbocycles. The quantitative estimate of drug-likeness (QED) is 0.739. The van der Waals surface area contributed by atoms with E-state index < -0.39 is 5.97 Å². The Balaban J connectivity index is 2.58. The highest BCUT2D eigenvalue weighted by Gasteiger charge is 2.10. The number of pyridine rings is 1. The molecule has 2 N–H and O–H groups in total. The minimum atomic E-state index is -0.769. The van der Waals surface area contributed by atoms with E-state index in [9.17, 15) is 4.79 Å². The lowest BCUT2D eigenvalue weighted by Crippen LogP contribution is -2.17. The van der Waals surface area contributed by atoms with Crippen LogP contribution in [-0.4, -0.2) is 23.1 Å². The van der Waals surface area contributed by atoms with Crippen molar-refractivity contribution < 1.29 is 9.90 Å². The lowest BCUT2D eigenvalue weighted by Gasteiger charge is -2.14. The molecule has 76 valence electrons. The lowest BCUT2D eigenvalue weighted by molar-refractivity contribution is -0.137. The highest BCUT2D eigenvalue weighted by molar-refractivity contribution is 5.66. The van der Waals surface area contributed by atoms with Gasteiger partial charge in [0.1, 0.15) is 0 Å². The number of hydrogen-bond donors (Lipinski definition) is 2. The molecule has 1 rings (SSSR count). The highest BCUT2D eigenvalue weighted by Crippen LogP contribution is 2.16. The standard InChI is InChI=1S/C10H14N2O2/c1-11-9(4-5-10(13)14)8-3-2-6-12-7-8/h2-3,6-7,9,11H,4-5H2,1H3,(H,13,14)/t9-/m0/s1. The van der Waals surface area contributed by atoms with Gasteiger partial charge in [0.15, 0.2) is 0 Å². The van der Waals surface area contributed by atoms with Crippen LogP contribution in [0, 0.1) is 0 Å². The number of carboxylic acid groups (broad SMARTS) is 1. The molecule has 1 atom stereocenters. The molecular formula is C10H14N2O2. The first kappa shape index (κ1) is 10.7. The summed E-state index contributed by atoms with van der Waals surface area (Å²) in [5, 5.41) is 11.6. The van der Waals surface area contributed by atoms with E-state index in [2.05, 4.69) is 10.3 Å². The highest BCUT2D eigenvalue weighted by atomic mass is 16.4. The van der Waals surface area contributed by atoms with Gasteiger partial charge in [-0.25, -0.2) is 0 Å². The van der Waals surface area contributed by atoms with Crippen molar-refractivity contribution in [3.8, 4) is 0 Å². The van der Waals surface area contributed by atoms with E-state index in [1.807, 2.05) is 19.2 Å². The Morgan fingerprint density at radius 1 is 1.71 bits per heavy atom. The van der Waals surface area contributed by atoms with Gasteiger partial charge in [0.05, 0.1) is 0 Å². The lowest BCUT2D eigenvalue weighted by atomic mass is 10.0. The molecule has 0 saturated carbocycles. The fraction of sp³-hybridized carbons (Fsp3) is 0.400. The minimum Gasteiger partial charge on any atom is -0.481 e. The number of hydrogen-bond acceptors (Lipinski definition) is 3. The average Bonchev–Trinajstić information content (AvgIpc) is 2.20. The summed E-state index contributed by atoms with van der Waals surface area (Å²) < 4.78 is 0. The predicted molar refractivity (Wildman–Crippen MR) is 52.9 cm³/mol. The Kier molecular flexibility index (Phi) is 4.07. The van der Waals surface area contributed by atoms with Crippen molar-refractivity contribution in [3.05, 3.63) is 30.1 Å². The second-order valence-corrected chi connectivity index (χ2v) is 3.06. The first-order chi connectivity index (χ1) is 6.74. The van der Waals surface area contributed by atoms with Crippen molar-refractivity contribution in [2.75, 3.05) is 7.05 Å². The van der Waals surface area contributed by atoms with E-state index in [4.69, 9.17) is 5.11 Å². The number of carboxylic acids is 1. The topological polar surface area (TPSA) is 62.2 Å². The van der Waals surface area contributed by atoms with E-state index in [0.29, 0.717) is 6.42 Å². The minimum absolute atomic E-state index is 0.0693. The maximum Gasteiger partial charge on any atom is 0.303 e. The van der Waals surface area contributed by atoms with Crippen molar-refractivity contribution in [2.24, 2.45) is 0 Å². The average molecular weight is 194 g/mol. The van der Waals surface area contributed by atoms with Gasteiger partial charge in [0.25, 0.3) is 0 Å². The first-order valence-corrected chi connectivity index (χ1v) is 4.53. The van der Waals surface area contributed by atoms with Crippen LogP contribution in [0.15, 0.2) is 24.5 Å². The van der Waals surface area contributed by atoms with E-state index >= 15 is 0 Å². The Hall–Kier alpha value is -1.42. The molecule has 0 unspecified atom stereocenters. The molecule has 0 aliphatic rings. The number of aliphatic carboxylic acids is 1. The molecule has 0 fully saturated rings. The molecular weight excluding hydrogens is 180 g/mol. The summed E-state index contributed by atoms with van der Waals surface area (Å²) in [5.74, 6) is -0.769. The summed E-state index contributed by atoms with van der Waals surface area (Å²) in [6, 6.07) is 3.86. The van der Waals surface area contributed by atoms with Crippen LogP contribution in [0.4, 0.5) is 0 Å². The molecule has 0 spiro atoms. The Morgan fingerprint density at radius 2 is 2.50 bits per heavy atom. The van der Waals surface area contributed by atoms with Gasteiger partial charge in [-0.1, -0.05) is 6.07 Å². The van der Waals surface area contributed by atoms with Crippen LogP contribution in [0.3, 0.4) is 0 Å². The first-order valence-electron chi connectivity index (χ1n) is 4.53. The summed E-state index contributed by atoms with van der Waals surface area (Å²) in [4.78, 5) is 14.4. The van der Waals surface area contributed by atoms with Crippen LogP contribution >= 0.6 is 0 Å². The van der Waals surface area contributed by atoms with Crippen molar-refractivity contribution >= 4 is 5.97 Å². The van der Waals surface area contributed by atoms with Crippen LogP contribution in [0.2, 0.25) is 0 Å². The summed E-state index contributed by atoms with van der Waals surface area (Å²) >= 11 is 0. The normalized spacial score (nSPS) is 12.4. The van der Waals surface area contributed by atoms with Crippen LogP contribution in [0.1, 0.15) is 24.4 Å². The Morgan fingerprint density at radius 3 is 3.00 bits per heavy atom. The number of aromatic nitrogens is 1. The molecule has 0 aliphatic heterocycles. The maximum atomic E-state index is 10.4. The maximum absolute atomic E-state index is 10.4. The molecule has 14 heavy (non-hydrogen) atoms. The molecule has 0 radical (unpaired) electrons. The van der Waals surface area contributed by atoms with Crippen molar-refractivity contribution in [1.29, 1.82) is 0 Å². The van der Waals surface area contributed by atoms with E-state index in [0.717, 1.165) is 5.56 Å². The van der Waals surface area contributed by atoms with Crippen molar-refractivity contribution in [2.45, 2.75) is 18.9 Å². The van der Waals surface area contributed by atoms with Crippen LogP contribution in [0.25, 0.3) is 0 Å². The van der Waals surface area contributed by atoms with Gasteiger partial charge in [-0.05, 0) is 25.1 Å². The van der Waals surface area contributed by atoms with Gasteiger partial charge in [-0.15, -0.1) is 0 Å². The Labute approximate surface area is 83.0 Å². The van der Waals surface area contributed by atoms with Gasteiger partial charge < -0.3 is 10.4 Å². The third-order valence-corrected chi connectivity index (χ3v) is 2.08.